The Morgan fingerprint density at radius 2 is 2.21 bits per heavy atom. The molecule has 0 aliphatic carbocycles. The molecule has 84 valence electrons. The summed E-state index contributed by atoms with van der Waals surface area (Å²) in [5, 5.41) is 8.81. The highest BCUT2D eigenvalue weighted by atomic mass is 16.3. The molecule has 0 saturated carbocycles. The molecule has 3 N–H and O–H groups in total. The normalized spacial score (nSPS) is 25.9. The van der Waals surface area contributed by atoms with Gasteiger partial charge in [0.25, 0.3) is 0 Å². The van der Waals surface area contributed by atoms with Crippen LogP contribution in [0.15, 0.2) is 0 Å². The van der Waals surface area contributed by atoms with Crippen LogP contribution in [0.2, 0.25) is 0 Å². The summed E-state index contributed by atoms with van der Waals surface area (Å²) in [6.45, 7) is 8.18. The molecule has 2 atom stereocenters. The zero-order chi connectivity index (χ0) is 10.6. The van der Waals surface area contributed by atoms with Crippen LogP contribution >= 0.6 is 0 Å². The second kappa shape index (κ2) is 5.69. The highest BCUT2D eigenvalue weighted by molar-refractivity contribution is 4.78. The van der Waals surface area contributed by atoms with E-state index in [2.05, 4.69) is 18.7 Å². The molecule has 1 rings (SSSR count). The maximum Gasteiger partial charge on any atom is 0.0583 e. The molecular weight excluding hydrogens is 176 g/mol. The molecule has 3 heteroatoms. The molecule has 1 heterocycles. The minimum atomic E-state index is -0.0342. The first-order valence-electron chi connectivity index (χ1n) is 5.72. The van der Waals surface area contributed by atoms with Gasteiger partial charge in [-0.15, -0.1) is 0 Å². The van der Waals surface area contributed by atoms with E-state index in [1.807, 2.05) is 0 Å². The Labute approximate surface area is 87.3 Å². The maximum absolute atomic E-state index is 8.81. The van der Waals surface area contributed by atoms with Crippen molar-refractivity contribution in [3.05, 3.63) is 0 Å². The summed E-state index contributed by atoms with van der Waals surface area (Å²) >= 11 is 0. The van der Waals surface area contributed by atoms with Crippen LogP contribution in [-0.2, 0) is 0 Å². The Morgan fingerprint density at radius 3 is 2.71 bits per heavy atom. The molecule has 2 unspecified atom stereocenters. The van der Waals surface area contributed by atoms with E-state index in [1.165, 1.54) is 19.5 Å². The summed E-state index contributed by atoms with van der Waals surface area (Å²) < 4.78 is 0. The van der Waals surface area contributed by atoms with E-state index in [-0.39, 0.29) is 12.6 Å². The largest absolute Gasteiger partial charge is 0.395 e. The summed E-state index contributed by atoms with van der Waals surface area (Å²) in [6.07, 6.45) is 2.24. The monoisotopic (exact) mass is 200 g/mol. The van der Waals surface area contributed by atoms with Gasteiger partial charge in [0.15, 0.2) is 0 Å². The smallest absolute Gasteiger partial charge is 0.0583 e. The molecule has 1 fully saturated rings. The Bertz CT molecular complexity index is 161. The molecule has 0 amide bonds. The predicted molar refractivity (Wildman–Crippen MR) is 59.1 cm³/mol. The molecule has 0 aromatic carbocycles. The number of likely N-dealkylation sites (tertiary alicyclic amines) is 1. The lowest BCUT2D eigenvalue weighted by atomic mass is 9.95. The Hall–Kier alpha value is -0.120. The highest BCUT2D eigenvalue weighted by Gasteiger charge is 2.24. The summed E-state index contributed by atoms with van der Waals surface area (Å²) in [4.78, 5) is 2.47. The summed E-state index contributed by atoms with van der Waals surface area (Å²) in [6, 6.07) is -0.0342. The number of nitrogens with zero attached hydrogens (tertiary/aromatic N) is 1. The van der Waals surface area contributed by atoms with Gasteiger partial charge < -0.3 is 15.7 Å². The number of rotatable bonds is 5. The van der Waals surface area contributed by atoms with Crippen molar-refractivity contribution in [1.82, 2.24) is 4.90 Å². The van der Waals surface area contributed by atoms with E-state index >= 15 is 0 Å². The first-order valence-corrected chi connectivity index (χ1v) is 5.72. The van der Waals surface area contributed by atoms with Crippen LogP contribution in [0.4, 0.5) is 0 Å². The van der Waals surface area contributed by atoms with Crippen molar-refractivity contribution >= 4 is 0 Å². The zero-order valence-electron chi connectivity index (χ0n) is 9.45. The average Bonchev–Trinajstić information content (AvgIpc) is 2.62. The fourth-order valence-electron chi connectivity index (χ4n) is 2.05. The molecule has 1 saturated heterocycles. The number of aliphatic hydroxyl groups is 1. The quantitative estimate of drug-likeness (QED) is 0.686. The van der Waals surface area contributed by atoms with Crippen molar-refractivity contribution < 1.29 is 5.11 Å². The highest BCUT2D eigenvalue weighted by Crippen LogP contribution is 2.23. The van der Waals surface area contributed by atoms with Gasteiger partial charge in [-0.05, 0) is 37.8 Å². The SMILES string of the molecule is CC(C)C1CCN(CCC(N)CO)C1. The lowest BCUT2D eigenvalue weighted by Gasteiger charge is -2.19. The third kappa shape index (κ3) is 3.56. The van der Waals surface area contributed by atoms with Gasteiger partial charge in [-0.25, -0.2) is 0 Å². The first-order chi connectivity index (χ1) is 6.63. The fourth-order valence-corrected chi connectivity index (χ4v) is 2.05. The van der Waals surface area contributed by atoms with Gasteiger partial charge in [-0.3, -0.25) is 0 Å². The van der Waals surface area contributed by atoms with Crippen molar-refractivity contribution in [3.8, 4) is 0 Å². The van der Waals surface area contributed by atoms with Gasteiger partial charge in [0.1, 0.15) is 0 Å². The molecule has 3 nitrogen and oxygen atoms in total. The van der Waals surface area contributed by atoms with Crippen LogP contribution in [0.1, 0.15) is 26.7 Å². The standard InChI is InChI=1S/C11H24N2O/c1-9(2)10-3-5-13(7-10)6-4-11(12)8-14/h9-11,14H,3-8,12H2,1-2H3. The van der Waals surface area contributed by atoms with E-state index in [0.29, 0.717) is 0 Å². The second-order valence-electron chi connectivity index (χ2n) is 4.82. The second-order valence-corrected chi connectivity index (χ2v) is 4.82. The zero-order valence-corrected chi connectivity index (χ0v) is 9.45. The summed E-state index contributed by atoms with van der Waals surface area (Å²) in [7, 11) is 0. The van der Waals surface area contributed by atoms with E-state index in [0.717, 1.165) is 24.8 Å². The first kappa shape index (κ1) is 12.0. The van der Waals surface area contributed by atoms with Crippen molar-refractivity contribution in [1.29, 1.82) is 0 Å². The van der Waals surface area contributed by atoms with Crippen LogP contribution in [0.25, 0.3) is 0 Å². The maximum atomic E-state index is 8.81. The van der Waals surface area contributed by atoms with Gasteiger partial charge in [0.2, 0.25) is 0 Å². The Morgan fingerprint density at radius 1 is 1.50 bits per heavy atom. The lowest BCUT2D eigenvalue weighted by Crippen LogP contribution is -2.31. The molecule has 0 spiro atoms. The van der Waals surface area contributed by atoms with Gasteiger partial charge >= 0.3 is 0 Å². The van der Waals surface area contributed by atoms with E-state index in [9.17, 15) is 0 Å². The van der Waals surface area contributed by atoms with Crippen molar-refractivity contribution in [2.24, 2.45) is 17.6 Å². The van der Waals surface area contributed by atoms with Crippen molar-refractivity contribution in [2.75, 3.05) is 26.2 Å². The number of aliphatic hydroxyl groups excluding tert-OH is 1. The molecular formula is C11H24N2O. The molecule has 1 aliphatic heterocycles. The van der Waals surface area contributed by atoms with Crippen LogP contribution in [-0.4, -0.2) is 42.3 Å². The van der Waals surface area contributed by atoms with Crippen molar-refractivity contribution in [3.63, 3.8) is 0 Å². The summed E-state index contributed by atoms with van der Waals surface area (Å²) in [5.74, 6) is 1.66. The van der Waals surface area contributed by atoms with Crippen LogP contribution in [0.5, 0.6) is 0 Å². The van der Waals surface area contributed by atoms with Crippen LogP contribution in [0, 0.1) is 11.8 Å². The predicted octanol–water partition coefficient (Wildman–Crippen LogP) is 0.674. The number of hydrogen-bond acceptors (Lipinski definition) is 3. The van der Waals surface area contributed by atoms with Crippen LogP contribution < -0.4 is 5.73 Å². The van der Waals surface area contributed by atoms with Gasteiger partial charge in [-0.1, -0.05) is 13.8 Å². The third-order valence-electron chi connectivity index (χ3n) is 3.30. The van der Waals surface area contributed by atoms with E-state index in [4.69, 9.17) is 10.8 Å². The third-order valence-corrected chi connectivity index (χ3v) is 3.30. The van der Waals surface area contributed by atoms with Crippen molar-refractivity contribution in [2.45, 2.75) is 32.7 Å². The topological polar surface area (TPSA) is 49.5 Å². The lowest BCUT2D eigenvalue weighted by molar-refractivity contribution is 0.235. The fraction of sp³-hybridized carbons (Fsp3) is 1.00. The van der Waals surface area contributed by atoms with Gasteiger partial charge in [0.05, 0.1) is 6.61 Å². The average molecular weight is 200 g/mol. The Kier molecular flexibility index (Phi) is 4.85. The van der Waals surface area contributed by atoms with E-state index in [1.54, 1.807) is 0 Å². The minimum Gasteiger partial charge on any atom is -0.395 e. The van der Waals surface area contributed by atoms with Gasteiger partial charge in [0, 0.05) is 12.6 Å². The Balaban J connectivity index is 2.16. The van der Waals surface area contributed by atoms with E-state index < -0.39 is 0 Å². The molecule has 14 heavy (non-hydrogen) atoms. The minimum absolute atomic E-state index is 0.0342. The van der Waals surface area contributed by atoms with Crippen LogP contribution in [0.3, 0.4) is 0 Å². The number of hydrogen-bond donors (Lipinski definition) is 2. The molecule has 0 aromatic heterocycles. The number of nitrogens with two attached hydrogens (primary N) is 1. The molecule has 1 aliphatic rings. The molecule has 0 bridgehead atoms. The molecule has 0 aromatic rings. The summed E-state index contributed by atoms with van der Waals surface area (Å²) in [5.41, 5.74) is 5.67. The van der Waals surface area contributed by atoms with Gasteiger partial charge in [-0.2, -0.15) is 0 Å². The molecule has 0 radical (unpaired) electrons.